The van der Waals surface area contributed by atoms with Gasteiger partial charge in [0.15, 0.2) is 0 Å². The Morgan fingerprint density at radius 2 is 2.07 bits per heavy atom. The predicted molar refractivity (Wildman–Crippen MR) is 61.0 cm³/mol. The molecule has 0 aliphatic rings. The van der Waals surface area contributed by atoms with Gasteiger partial charge in [0.25, 0.3) is 0 Å². The van der Waals surface area contributed by atoms with Crippen LogP contribution in [-0.2, 0) is 6.54 Å². The molecular weight excluding hydrogens is 240 g/mol. The summed E-state index contributed by atoms with van der Waals surface area (Å²) in [7, 11) is 0. The summed E-state index contributed by atoms with van der Waals surface area (Å²) >= 11 is 3.54. The van der Waals surface area contributed by atoms with Crippen LogP contribution in [-0.4, -0.2) is 9.78 Å². The lowest BCUT2D eigenvalue weighted by Gasteiger charge is -2.06. The Bertz CT molecular complexity index is 434. The Balaban J connectivity index is 2.54. The SMILES string of the molecule is CCn1nccc1-c1ccccc1Br. The molecule has 0 amide bonds. The van der Waals surface area contributed by atoms with E-state index in [1.54, 1.807) is 0 Å². The number of nitrogens with zero attached hydrogens (tertiary/aromatic N) is 2. The Morgan fingerprint density at radius 1 is 1.29 bits per heavy atom. The highest BCUT2D eigenvalue weighted by molar-refractivity contribution is 9.10. The molecule has 0 radical (unpaired) electrons. The lowest BCUT2D eigenvalue weighted by Crippen LogP contribution is -1.98. The van der Waals surface area contributed by atoms with Gasteiger partial charge >= 0.3 is 0 Å². The maximum atomic E-state index is 4.25. The van der Waals surface area contributed by atoms with Crippen molar-refractivity contribution in [2.45, 2.75) is 13.5 Å². The highest BCUT2D eigenvalue weighted by Gasteiger charge is 2.06. The fraction of sp³-hybridized carbons (Fsp3) is 0.182. The predicted octanol–water partition coefficient (Wildman–Crippen LogP) is 3.33. The Morgan fingerprint density at radius 3 is 2.79 bits per heavy atom. The van der Waals surface area contributed by atoms with E-state index >= 15 is 0 Å². The number of aromatic nitrogens is 2. The van der Waals surface area contributed by atoms with Crippen molar-refractivity contribution in [3.05, 3.63) is 41.0 Å². The molecule has 0 unspecified atom stereocenters. The third-order valence-electron chi connectivity index (χ3n) is 2.17. The Hall–Kier alpha value is -1.09. The molecular formula is C11H11BrN2. The average molecular weight is 251 g/mol. The van der Waals surface area contributed by atoms with E-state index in [2.05, 4.69) is 34.0 Å². The minimum Gasteiger partial charge on any atom is -0.265 e. The number of benzene rings is 1. The van der Waals surface area contributed by atoms with Crippen molar-refractivity contribution in [3.63, 3.8) is 0 Å². The first kappa shape index (κ1) is 9.46. The smallest absolute Gasteiger partial charge is 0.0693 e. The van der Waals surface area contributed by atoms with E-state index in [1.165, 1.54) is 5.56 Å². The van der Waals surface area contributed by atoms with E-state index < -0.39 is 0 Å². The molecule has 0 aliphatic heterocycles. The topological polar surface area (TPSA) is 17.8 Å². The van der Waals surface area contributed by atoms with Gasteiger partial charge in [-0.3, -0.25) is 4.68 Å². The number of rotatable bonds is 2. The molecule has 14 heavy (non-hydrogen) atoms. The van der Waals surface area contributed by atoms with Crippen LogP contribution in [0.25, 0.3) is 11.3 Å². The molecule has 72 valence electrons. The molecule has 1 aromatic carbocycles. The number of hydrogen-bond acceptors (Lipinski definition) is 1. The molecule has 0 N–H and O–H groups in total. The summed E-state index contributed by atoms with van der Waals surface area (Å²) in [6, 6.07) is 10.2. The number of halogens is 1. The van der Waals surface area contributed by atoms with Crippen LogP contribution in [0.5, 0.6) is 0 Å². The van der Waals surface area contributed by atoms with Crippen LogP contribution in [0, 0.1) is 0 Å². The maximum absolute atomic E-state index is 4.25. The lowest BCUT2D eigenvalue weighted by molar-refractivity contribution is 0.667. The van der Waals surface area contributed by atoms with E-state index in [-0.39, 0.29) is 0 Å². The molecule has 0 saturated heterocycles. The molecule has 2 nitrogen and oxygen atoms in total. The van der Waals surface area contributed by atoms with E-state index in [0.717, 1.165) is 16.7 Å². The van der Waals surface area contributed by atoms with Crippen LogP contribution < -0.4 is 0 Å². The zero-order chi connectivity index (χ0) is 9.97. The highest BCUT2D eigenvalue weighted by Crippen LogP contribution is 2.27. The van der Waals surface area contributed by atoms with E-state index in [0.29, 0.717) is 0 Å². The van der Waals surface area contributed by atoms with Crippen molar-refractivity contribution in [2.75, 3.05) is 0 Å². The number of aryl methyl sites for hydroxylation is 1. The molecule has 2 aromatic rings. The van der Waals surface area contributed by atoms with E-state index in [1.807, 2.05) is 35.1 Å². The second-order valence-corrected chi connectivity index (χ2v) is 3.87. The molecule has 1 heterocycles. The van der Waals surface area contributed by atoms with Gasteiger partial charge in [0.05, 0.1) is 5.69 Å². The van der Waals surface area contributed by atoms with Crippen LogP contribution >= 0.6 is 15.9 Å². The van der Waals surface area contributed by atoms with Gasteiger partial charge < -0.3 is 0 Å². The first-order valence-electron chi connectivity index (χ1n) is 4.59. The normalized spacial score (nSPS) is 10.4. The van der Waals surface area contributed by atoms with Gasteiger partial charge in [-0.1, -0.05) is 34.1 Å². The van der Waals surface area contributed by atoms with Crippen molar-refractivity contribution in [2.24, 2.45) is 0 Å². The van der Waals surface area contributed by atoms with Crippen molar-refractivity contribution in [1.82, 2.24) is 9.78 Å². The second-order valence-electron chi connectivity index (χ2n) is 3.01. The summed E-state index contributed by atoms with van der Waals surface area (Å²) in [4.78, 5) is 0. The van der Waals surface area contributed by atoms with Crippen LogP contribution in [0.1, 0.15) is 6.92 Å². The molecule has 0 bridgehead atoms. The Labute approximate surface area is 91.7 Å². The summed E-state index contributed by atoms with van der Waals surface area (Å²) in [5, 5.41) is 4.25. The van der Waals surface area contributed by atoms with Gasteiger partial charge in [0.1, 0.15) is 0 Å². The van der Waals surface area contributed by atoms with Gasteiger partial charge in [-0.15, -0.1) is 0 Å². The minimum atomic E-state index is 0.893. The van der Waals surface area contributed by atoms with Crippen molar-refractivity contribution in [1.29, 1.82) is 0 Å². The van der Waals surface area contributed by atoms with Gasteiger partial charge in [-0.2, -0.15) is 5.10 Å². The van der Waals surface area contributed by atoms with Crippen LogP contribution in [0.4, 0.5) is 0 Å². The first-order chi connectivity index (χ1) is 6.83. The molecule has 1 aromatic heterocycles. The third kappa shape index (κ3) is 1.60. The molecule has 0 spiro atoms. The standard InChI is InChI=1S/C11H11BrN2/c1-2-14-11(7-8-13-14)9-5-3-4-6-10(9)12/h3-8H,2H2,1H3. The second kappa shape index (κ2) is 3.96. The third-order valence-corrected chi connectivity index (χ3v) is 2.86. The Kier molecular flexibility index (Phi) is 2.68. The fourth-order valence-electron chi connectivity index (χ4n) is 1.48. The summed E-state index contributed by atoms with van der Waals surface area (Å²) in [6.07, 6.45) is 1.83. The maximum Gasteiger partial charge on any atom is 0.0693 e. The summed E-state index contributed by atoms with van der Waals surface area (Å²) in [5.74, 6) is 0. The van der Waals surface area contributed by atoms with Crippen molar-refractivity contribution in [3.8, 4) is 11.3 Å². The quantitative estimate of drug-likeness (QED) is 0.800. The zero-order valence-electron chi connectivity index (χ0n) is 7.94. The molecule has 0 saturated carbocycles. The molecule has 0 fully saturated rings. The van der Waals surface area contributed by atoms with E-state index in [4.69, 9.17) is 0 Å². The molecule has 0 atom stereocenters. The van der Waals surface area contributed by atoms with Crippen LogP contribution in [0.2, 0.25) is 0 Å². The summed E-state index contributed by atoms with van der Waals surface area (Å²) in [6.45, 7) is 2.98. The summed E-state index contributed by atoms with van der Waals surface area (Å²) in [5.41, 5.74) is 2.34. The van der Waals surface area contributed by atoms with E-state index in [9.17, 15) is 0 Å². The van der Waals surface area contributed by atoms with Crippen LogP contribution in [0.3, 0.4) is 0 Å². The van der Waals surface area contributed by atoms with Gasteiger partial charge in [0, 0.05) is 22.8 Å². The van der Waals surface area contributed by atoms with Gasteiger partial charge in [-0.05, 0) is 19.1 Å². The zero-order valence-corrected chi connectivity index (χ0v) is 9.53. The molecule has 3 heteroatoms. The minimum absolute atomic E-state index is 0.893. The average Bonchev–Trinajstić information content (AvgIpc) is 2.66. The monoisotopic (exact) mass is 250 g/mol. The van der Waals surface area contributed by atoms with Gasteiger partial charge in [0.2, 0.25) is 0 Å². The van der Waals surface area contributed by atoms with Crippen LogP contribution in [0.15, 0.2) is 41.0 Å². The number of hydrogen-bond donors (Lipinski definition) is 0. The largest absolute Gasteiger partial charge is 0.265 e. The first-order valence-corrected chi connectivity index (χ1v) is 5.39. The van der Waals surface area contributed by atoms with Crippen molar-refractivity contribution < 1.29 is 0 Å². The van der Waals surface area contributed by atoms with Gasteiger partial charge in [-0.25, -0.2) is 0 Å². The molecule has 0 aliphatic carbocycles. The van der Waals surface area contributed by atoms with Crippen molar-refractivity contribution >= 4 is 15.9 Å². The summed E-state index contributed by atoms with van der Waals surface area (Å²) < 4.78 is 3.09. The fourth-order valence-corrected chi connectivity index (χ4v) is 1.97. The highest BCUT2D eigenvalue weighted by atomic mass is 79.9. The molecule has 2 rings (SSSR count). The lowest BCUT2D eigenvalue weighted by atomic mass is 10.1.